The number of hydrogen-bond donors (Lipinski definition) is 1. The Morgan fingerprint density at radius 1 is 1.47 bits per heavy atom. The maximum Gasteiger partial charge on any atom is 0.0994 e. The normalized spacial score (nSPS) is 18.4. The van der Waals surface area contributed by atoms with Gasteiger partial charge in [-0.1, -0.05) is 6.07 Å². The van der Waals surface area contributed by atoms with Crippen LogP contribution in [-0.2, 0) is 0 Å². The largest absolute Gasteiger partial charge is 0.309 e. The third-order valence-electron chi connectivity index (χ3n) is 3.68. The van der Waals surface area contributed by atoms with Gasteiger partial charge in [0.1, 0.15) is 0 Å². The van der Waals surface area contributed by atoms with Crippen molar-refractivity contribution in [3.8, 4) is 11.8 Å². The van der Waals surface area contributed by atoms with Crippen LogP contribution in [0.15, 0.2) is 30.7 Å². The summed E-state index contributed by atoms with van der Waals surface area (Å²) in [7, 11) is 0. The number of aryl methyl sites for hydroxylation is 1. The van der Waals surface area contributed by atoms with E-state index < -0.39 is 0 Å². The molecule has 1 atom stereocenters. The fraction of sp³-hybridized carbons (Fsp3) is 0.333. The first-order valence-electron chi connectivity index (χ1n) is 6.56. The number of rotatable bonds is 2. The monoisotopic (exact) mass is 252 g/mol. The molecule has 0 radical (unpaired) electrons. The summed E-state index contributed by atoms with van der Waals surface area (Å²) < 4.78 is 2.10. The van der Waals surface area contributed by atoms with Crippen molar-refractivity contribution in [2.24, 2.45) is 0 Å². The average molecular weight is 252 g/mol. The van der Waals surface area contributed by atoms with Crippen LogP contribution < -0.4 is 5.32 Å². The Morgan fingerprint density at radius 2 is 2.37 bits per heavy atom. The van der Waals surface area contributed by atoms with Crippen molar-refractivity contribution in [3.63, 3.8) is 0 Å². The third-order valence-corrected chi connectivity index (χ3v) is 3.68. The molecule has 2 heterocycles. The van der Waals surface area contributed by atoms with Gasteiger partial charge < -0.3 is 9.88 Å². The smallest absolute Gasteiger partial charge is 0.0994 e. The van der Waals surface area contributed by atoms with Crippen LogP contribution >= 0.6 is 0 Å². The van der Waals surface area contributed by atoms with Crippen molar-refractivity contribution < 1.29 is 0 Å². The molecule has 1 aromatic carbocycles. The minimum atomic E-state index is 0.368. The first kappa shape index (κ1) is 11.9. The summed E-state index contributed by atoms with van der Waals surface area (Å²) in [6.45, 7) is 3.12. The summed E-state index contributed by atoms with van der Waals surface area (Å²) in [5.41, 5.74) is 4.05. The lowest BCUT2D eigenvalue weighted by Gasteiger charge is -2.15. The topological polar surface area (TPSA) is 53.6 Å². The van der Waals surface area contributed by atoms with Crippen LogP contribution in [0.4, 0.5) is 0 Å². The van der Waals surface area contributed by atoms with E-state index in [1.54, 1.807) is 0 Å². The van der Waals surface area contributed by atoms with Crippen LogP contribution in [0.1, 0.15) is 35.7 Å². The van der Waals surface area contributed by atoms with Crippen LogP contribution in [0.25, 0.3) is 5.69 Å². The van der Waals surface area contributed by atoms with E-state index in [2.05, 4.69) is 27.9 Å². The first-order chi connectivity index (χ1) is 9.29. The molecule has 1 aliphatic rings. The SMILES string of the molecule is Cc1ccc(C#N)cc1-n1cncc1C1CCCN1. The molecular formula is C15H16N4. The van der Waals surface area contributed by atoms with E-state index in [1.807, 2.05) is 30.7 Å². The molecule has 0 bridgehead atoms. The number of imidazole rings is 1. The van der Waals surface area contributed by atoms with Gasteiger partial charge in [0.2, 0.25) is 0 Å². The highest BCUT2D eigenvalue weighted by Crippen LogP contribution is 2.26. The Hall–Kier alpha value is -2.12. The number of nitrogens with one attached hydrogen (secondary N) is 1. The summed E-state index contributed by atoms with van der Waals surface area (Å²) in [4.78, 5) is 4.28. The predicted octanol–water partition coefficient (Wildman–Crippen LogP) is 2.48. The van der Waals surface area contributed by atoms with Gasteiger partial charge in [0.25, 0.3) is 0 Å². The van der Waals surface area contributed by atoms with Crippen molar-refractivity contribution in [2.45, 2.75) is 25.8 Å². The molecule has 3 rings (SSSR count). The van der Waals surface area contributed by atoms with E-state index in [-0.39, 0.29) is 0 Å². The molecule has 0 amide bonds. The molecule has 1 aromatic heterocycles. The van der Waals surface area contributed by atoms with Crippen LogP contribution in [0.2, 0.25) is 0 Å². The molecule has 0 spiro atoms. The highest BCUT2D eigenvalue weighted by Gasteiger charge is 2.20. The lowest BCUT2D eigenvalue weighted by molar-refractivity contribution is 0.614. The van der Waals surface area contributed by atoms with Crippen LogP contribution in [0.5, 0.6) is 0 Å². The molecule has 19 heavy (non-hydrogen) atoms. The van der Waals surface area contributed by atoms with Crippen molar-refractivity contribution >= 4 is 0 Å². The van der Waals surface area contributed by atoms with Gasteiger partial charge in [0.05, 0.1) is 35.5 Å². The first-order valence-corrected chi connectivity index (χ1v) is 6.56. The molecule has 1 fully saturated rings. The van der Waals surface area contributed by atoms with Crippen molar-refractivity contribution in [1.82, 2.24) is 14.9 Å². The van der Waals surface area contributed by atoms with Gasteiger partial charge in [-0.05, 0) is 44.0 Å². The number of benzene rings is 1. The fourth-order valence-corrected chi connectivity index (χ4v) is 2.64. The highest BCUT2D eigenvalue weighted by molar-refractivity contribution is 5.48. The molecule has 0 saturated carbocycles. The van der Waals surface area contributed by atoms with E-state index in [4.69, 9.17) is 5.26 Å². The molecule has 1 aliphatic heterocycles. The molecular weight excluding hydrogens is 236 g/mol. The molecule has 2 aromatic rings. The zero-order valence-electron chi connectivity index (χ0n) is 10.9. The Labute approximate surface area is 112 Å². The minimum absolute atomic E-state index is 0.368. The second-order valence-corrected chi connectivity index (χ2v) is 4.95. The van der Waals surface area contributed by atoms with Gasteiger partial charge in [0, 0.05) is 6.04 Å². The van der Waals surface area contributed by atoms with Gasteiger partial charge in [-0.2, -0.15) is 5.26 Å². The fourth-order valence-electron chi connectivity index (χ4n) is 2.64. The van der Waals surface area contributed by atoms with Crippen molar-refractivity contribution in [2.75, 3.05) is 6.54 Å². The van der Waals surface area contributed by atoms with E-state index in [1.165, 1.54) is 12.1 Å². The number of nitrogens with zero attached hydrogens (tertiary/aromatic N) is 3. The molecule has 96 valence electrons. The molecule has 0 aliphatic carbocycles. The molecule has 1 N–H and O–H groups in total. The molecule has 4 nitrogen and oxygen atoms in total. The standard InChI is InChI=1S/C15H16N4/c1-11-4-5-12(8-16)7-14(11)19-10-17-9-15(19)13-3-2-6-18-13/h4-5,7,9-10,13,18H,2-3,6H2,1H3. The lowest BCUT2D eigenvalue weighted by atomic mass is 10.1. The Morgan fingerprint density at radius 3 is 3.11 bits per heavy atom. The van der Waals surface area contributed by atoms with Crippen LogP contribution in [-0.4, -0.2) is 16.1 Å². The number of nitriles is 1. The number of aromatic nitrogens is 2. The second kappa shape index (κ2) is 4.87. The zero-order valence-corrected chi connectivity index (χ0v) is 10.9. The van der Waals surface area contributed by atoms with E-state index >= 15 is 0 Å². The maximum atomic E-state index is 9.04. The Balaban J connectivity index is 2.07. The summed E-state index contributed by atoms with van der Waals surface area (Å²) >= 11 is 0. The quantitative estimate of drug-likeness (QED) is 0.893. The van der Waals surface area contributed by atoms with E-state index in [0.717, 1.165) is 24.2 Å². The van der Waals surface area contributed by atoms with Crippen molar-refractivity contribution in [1.29, 1.82) is 5.26 Å². The summed E-state index contributed by atoms with van der Waals surface area (Å²) in [5.74, 6) is 0. The molecule has 1 saturated heterocycles. The zero-order chi connectivity index (χ0) is 13.2. The van der Waals surface area contributed by atoms with Gasteiger partial charge >= 0.3 is 0 Å². The van der Waals surface area contributed by atoms with Gasteiger partial charge in [-0.25, -0.2) is 4.98 Å². The van der Waals surface area contributed by atoms with Crippen LogP contribution in [0.3, 0.4) is 0 Å². The average Bonchev–Trinajstić information content (AvgIpc) is 3.09. The minimum Gasteiger partial charge on any atom is -0.309 e. The maximum absolute atomic E-state index is 9.04. The van der Waals surface area contributed by atoms with Crippen molar-refractivity contribution in [3.05, 3.63) is 47.5 Å². The van der Waals surface area contributed by atoms with Gasteiger partial charge in [-0.15, -0.1) is 0 Å². The summed E-state index contributed by atoms with van der Waals surface area (Å²) in [6, 6.07) is 8.33. The van der Waals surface area contributed by atoms with E-state index in [9.17, 15) is 0 Å². The Bertz CT molecular complexity index is 630. The van der Waals surface area contributed by atoms with Gasteiger partial charge in [-0.3, -0.25) is 0 Å². The molecule has 1 unspecified atom stereocenters. The number of hydrogen-bond acceptors (Lipinski definition) is 3. The van der Waals surface area contributed by atoms with E-state index in [0.29, 0.717) is 11.6 Å². The van der Waals surface area contributed by atoms with Gasteiger partial charge in [0.15, 0.2) is 0 Å². The summed E-state index contributed by atoms with van der Waals surface area (Å²) in [6.07, 6.45) is 6.09. The molecule has 4 heteroatoms. The van der Waals surface area contributed by atoms with Crippen LogP contribution in [0, 0.1) is 18.3 Å². The Kier molecular flexibility index (Phi) is 3.06. The third kappa shape index (κ3) is 2.13. The highest BCUT2D eigenvalue weighted by atomic mass is 15.1. The predicted molar refractivity (Wildman–Crippen MR) is 73.0 cm³/mol. The lowest BCUT2D eigenvalue weighted by Crippen LogP contribution is -2.16. The summed E-state index contributed by atoms with van der Waals surface area (Å²) in [5, 5.41) is 12.5. The second-order valence-electron chi connectivity index (χ2n) is 4.95.